The molecule has 0 aliphatic heterocycles. The minimum absolute atomic E-state index is 0.227. The predicted octanol–water partition coefficient (Wildman–Crippen LogP) is 2.60. The van der Waals surface area contributed by atoms with Gasteiger partial charge in [0.05, 0.1) is 0 Å². The number of carboxylic acids is 1. The second-order valence-corrected chi connectivity index (χ2v) is 5.60. The molecule has 1 fully saturated rings. The fraction of sp³-hybridized carbons (Fsp3) is 0.857. The third-order valence-corrected chi connectivity index (χ3v) is 3.61. The summed E-state index contributed by atoms with van der Waals surface area (Å²) >= 11 is 0. The standard InChI is InChI=1S/C14H26N2O3/c1-4-6-10-16(11-7-8-11)13(19)15-14(3,9-5-2)12(17)18/h11H,4-10H2,1-3H3,(H,15,19)(H,17,18). The van der Waals surface area contributed by atoms with Crippen molar-refractivity contribution >= 4 is 12.0 Å². The SMILES string of the molecule is CCCCN(C(=O)NC(C)(CCC)C(=O)O)C1CC1. The second kappa shape index (κ2) is 6.78. The molecule has 110 valence electrons. The van der Waals surface area contributed by atoms with Crippen LogP contribution >= 0.6 is 0 Å². The van der Waals surface area contributed by atoms with Gasteiger partial charge in [-0.05, 0) is 32.6 Å². The van der Waals surface area contributed by atoms with E-state index in [0.717, 1.165) is 38.6 Å². The molecule has 5 nitrogen and oxygen atoms in total. The highest BCUT2D eigenvalue weighted by atomic mass is 16.4. The topological polar surface area (TPSA) is 69.6 Å². The average Bonchev–Trinajstić information content (AvgIpc) is 3.14. The molecule has 1 unspecified atom stereocenters. The number of hydrogen-bond donors (Lipinski definition) is 2. The maximum atomic E-state index is 12.3. The van der Waals surface area contributed by atoms with Gasteiger partial charge in [0.2, 0.25) is 0 Å². The Labute approximate surface area is 115 Å². The second-order valence-electron chi connectivity index (χ2n) is 5.60. The number of nitrogens with zero attached hydrogens (tertiary/aromatic N) is 1. The van der Waals surface area contributed by atoms with E-state index in [0.29, 0.717) is 12.5 Å². The van der Waals surface area contributed by atoms with Crippen LogP contribution in [-0.2, 0) is 4.79 Å². The smallest absolute Gasteiger partial charge is 0.329 e. The van der Waals surface area contributed by atoms with Gasteiger partial charge in [-0.2, -0.15) is 0 Å². The van der Waals surface area contributed by atoms with Crippen molar-refractivity contribution in [3.63, 3.8) is 0 Å². The third kappa shape index (κ3) is 4.40. The molecule has 0 radical (unpaired) electrons. The van der Waals surface area contributed by atoms with Crippen LogP contribution in [0, 0.1) is 0 Å². The minimum Gasteiger partial charge on any atom is -0.480 e. The molecular weight excluding hydrogens is 244 g/mol. The maximum absolute atomic E-state index is 12.3. The largest absolute Gasteiger partial charge is 0.480 e. The highest BCUT2D eigenvalue weighted by Crippen LogP contribution is 2.27. The van der Waals surface area contributed by atoms with Gasteiger partial charge in [0.15, 0.2) is 0 Å². The fourth-order valence-corrected chi connectivity index (χ4v) is 2.20. The van der Waals surface area contributed by atoms with Gasteiger partial charge < -0.3 is 15.3 Å². The summed E-state index contributed by atoms with van der Waals surface area (Å²) in [4.78, 5) is 25.4. The van der Waals surface area contributed by atoms with E-state index < -0.39 is 11.5 Å². The van der Waals surface area contributed by atoms with Crippen molar-refractivity contribution in [2.24, 2.45) is 0 Å². The van der Waals surface area contributed by atoms with Crippen LogP contribution < -0.4 is 5.32 Å². The lowest BCUT2D eigenvalue weighted by atomic mass is 9.96. The fourth-order valence-electron chi connectivity index (χ4n) is 2.20. The van der Waals surface area contributed by atoms with Crippen LogP contribution in [0.3, 0.4) is 0 Å². The number of unbranched alkanes of at least 4 members (excludes halogenated alkanes) is 1. The molecule has 5 heteroatoms. The third-order valence-electron chi connectivity index (χ3n) is 3.61. The summed E-state index contributed by atoms with van der Waals surface area (Å²) in [7, 11) is 0. The zero-order valence-corrected chi connectivity index (χ0v) is 12.2. The van der Waals surface area contributed by atoms with E-state index in [4.69, 9.17) is 0 Å². The number of carbonyl (C=O) groups excluding carboxylic acids is 1. The lowest BCUT2D eigenvalue weighted by molar-refractivity contribution is -0.144. The summed E-state index contributed by atoms with van der Waals surface area (Å²) in [5.41, 5.74) is -1.16. The van der Waals surface area contributed by atoms with Gasteiger partial charge in [0, 0.05) is 12.6 Å². The Kier molecular flexibility index (Phi) is 5.63. The van der Waals surface area contributed by atoms with Gasteiger partial charge in [-0.3, -0.25) is 0 Å². The Morgan fingerprint density at radius 3 is 2.37 bits per heavy atom. The molecule has 1 saturated carbocycles. The van der Waals surface area contributed by atoms with Crippen LogP contribution in [0.25, 0.3) is 0 Å². The van der Waals surface area contributed by atoms with Gasteiger partial charge in [0.1, 0.15) is 5.54 Å². The molecule has 0 aromatic heterocycles. The van der Waals surface area contributed by atoms with Crippen LogP contribution in [-0.4, -0.2) is 40.1 Å². The number of urea groups is 1. The predicted molar refractivity (Wildman–Crippen MR) is 74.1 cm³/mol. The van der Waals surface area contributed by atoms with E-state index >= 15 is 0 Å². The zero-order chi connectivity index (χ0) is 14.5. The molecular formula is C14H26N2O3. The lowest BCUT2D eigenvalue weighted by Gasteiger charge is -2.30. The summed E-state index contributed by atoms with van der Waals surface area (Å²) < 4.78 is 0. The Morgan fingerprint density at radius 1 is 1.32 bits per heavy atom. The summed E-state index contributed by atoms with van der Waals surface area (Å²) in [6.45, 7) is 6.31. The first-order valence-electron chi connectivity index (χ1n) is 7.26. The number of amides is 2. The number of aliphatic carboxylic acids is 1. The van der Waals surface area contributed by atoms with Crippen LogP contribution in [0.2, 0.25) is 0 Å². The van der Waals surface area contributed by atoms with Crippen molar-refractivity contribution in [1.29, 1.82) is 0 Å². The number of nitrogens with one attached hydrogen (secondary N) is 1. The Balaban J connectivity index is 2.65. The van der Waals surface area contributed by atoms with Crippen molar-refractivity contribution in [1.82, 2.24) is 10.2 Å². The van der Waals surface area contributed by atoms with Gasteiger partial charge in [-0.15, -0.1) is 0 Å². The molecule has 1 rings (SSSR count). The first-order chi connectivity index (χ1) is 8.94. The minimum atomic E-state index is -1.16. The number of hydrogen-bond acceptors (Lipinski definition) is 2. The van der Waals surface area contributed by atoms with E-state index in [1.54, 1.807) is 11.8 Å². The molecule has 0 aromatic carbocycles. The molecule has 19 heavy (non-hydrogen) atoms. The molecule has 2 N–H and O–H groups in total. The molecule has 1 atom stereocenters. The first-order valence-corrected chi connectivity index (χ1v) is 7.26. The van der Waals surface area contributed by atoms with Crippen LogP contribution in [0.5, 0.6) is 0 Å². The van der Waals surface area contributed by atoms with Crippen molar-refractivity contribution < 1.29 is 14.7 Å². The normalized spacial score (nSPS) is 17.6. The van der Waals surface area contributed by atoms with Crippen LogP contribution in [0.4, 0.5) is 4.79 Å². The lowest BCUT2D eigenvalue weighted by Crippen LogP contribution is -2.56. The monoisotopic (exact) mass is 270 g/mol. The van der Waals surface area contributed by atoms with Gasteiger partial charge in [0.25, 0.3) is 0 Å². The Morgan fingerprint density at radius 2 is 1.95 bits per heavy atom. The van der Waals surface area contributed by atoms with Crippen LogP contribution in [0.1, 0.15) is 59.3 Å². The molecule has 0 saturated heterocycles. The van der Waals surface area contributed by atoms with E-state index in [-0.39, 0.29) is 6.03 Å². The molecule has 0 heterocycles. The summed E-state index contributed by atoms with van der Waals surface area (Å²) in [6.07, 6.45) is 5.23. The maximum Gasteiger partial charge on any atom is 0.329 e. The van der Waals surface area contributed by atoms with Crippen molar-refractivity contribution in [2.45, 2.75) is 70.9 Å². The first kappa shape index (κ1) is 15.8. The van der Waals surface area contributed by atoms with E-state index in [2.05, 4.69) is 12.2 Å². The summed E-state index contributed by atoms with van der Waals surface area (Å²) in [5, 5.41) is 12.0. The number of carbonyl (C=O) groups is 2. The average molecular weight is 270 g/mol. The highest BCUT2D eigenvalue weighted by Gasteiger charge is 2.38. The molecule has 0 bridgehead atoms. The molecule has 1 aliphatic rings. The number of rotatable bonds is 8. The Bertz CT molecular complexity index is 329. The van der Waals surface area contributed by atoms with E-state index in [9.17, 15) is 14.7 Å². The number of carboxylic acid groups (broad SMARTS) is 1. The molecule has 1 aliphatic carbocycles. The van der Waals surface area contributed by atoms with Gasteiger partial charge in [-0.25, -0.2) is 9.59 Å². The zero-order valence-electron chi connectivity index (χ0n) is 12.2. The summed E-state index contributed by atoms with van der Waals surface area (Å²) in [5.74, 6) is -0.964. The van der Waals surface area contributed by atoms with Gasteiger partial charge in [-0.1, -0.05) is 26.7 Å². The van der Waals surface area contributed by atoms with Crippen LogP contribution in [0.15, 0.2) is 0 Å². The van der Waals surface area contributed by atoms with E-state index in [1.165, 1.54) is 0 Å². The molecule has 0 spiro atoms. The Hall–Kier alpha value is -1.26. The highest BCUT2D eigenvalue weighted by molar-refractivity contribution is 5.86. The summed E-state index contributed by atoms with van der Waals surface area (Å²) in [6, 6.07) is 0.0838. The van der Waals surface area contributed by atoms with Gasteiger partial charge >= 0.3 is 12.0 Å². The van der Waals surface area contributed by atoms with Crippen molar-refractivity contribution in [3.05, 3.63) is 0 Å². The van der Waals surface area contributed by atoms with E-state index in [1.807, 2.05) is 6.92 Å². The van der Waals surface area contributed by atoms with Crippen molar-refractivity contribution in [3.8, 4) is 0 Å². The van der Waals surface area contributed by atoms with Crippen molar-refractivity contribution in [2.75, 3.05) is 6.54 Å². The quantitative estimate of drug-likeness (QED) is 0.712. The molecule has 0 aromatic rings. The molecule has 2 amide bonds.